The maximum absolute atomic E-state index is 12.4. The first kappa shape index (κ1) is 18.3. The molecule has 142 valence electrons. The SMILES string of the molecule is Cc1cc2cc(C)c3nnc(SCC(=O)NC4CCCCC4)n3c2cc1C. The van der Waals surface area contributed by atoms with E-state index >= 15 is 0 Å². The van der Waals surface area contributed by atoms with Crippen LogP contribution < -0.4 is 5.32 Å². The number of nitrogens with zero attached hydrogens (tertiary/aromatic N) is 3. The van der Waals surface area contributed by atoms with Crippen LogP contribution in [-0.2, 0) is 4.79 Å². The summed E-state index contributed by atoms with van der Waals surface area (Å²) in [5, 5.41) is 13.9. The molecule has 1 amide bonds. The molecule has 2 heterocycles. The molecule has 1 aliphatic rings. The van der Waals surface area contributed by atoms with Gasteiger partial charge in [0.25, 0.3) is 0 Å². The van der Waals surface area contributed by atoms with Gasteiger partial charge in [-0.2, -0.15) is 0 Å². The topological polar surface area (TPSA) is 59.3 Å². The van der Waals surface area contributed by atoms with E-state index in [4.69, 9.17) is 0 Å². The summed E-state index contributed by atoms with van der Waals surface area (Å²) in [7, 11) is 0. The molecule has 1 aromatic carbocycles. The predicted molar refractivity (Wildman–Crippen MR) is 110 cm³/mol. The number of rotatable bonds is 4. The van der Waals surface area contributed by atoms with Crippen LogP contribution in [0.25, 0.3) is 16.6 Å². The Kier molecular flexibility index (Phi) is 5.08. The second-order valence-corrected chi connectivity index (χ2v) is 8.60. The summed E-state index contributed by atoms with van der Waals surface area (Å²) < 4.78 is 2.09. The Morgan fingerprint density at radius 1 is 1.07 bits per heavy atom. The number of carbonyl (C=O) groups is 1. The Morgan fingerprint density at radius 3 is 2.56 bits per heavy atom. The first-order chi connectivity index (χ1) is 13.0. The van der Waals surface area contributed by atoms with Crippen molar-refractivity contribution in [2.75, 3.05) is 5.75 Å². The fourth-order valence-electron chi connectivity index (χ4n) is 3.91. The van der Waals surface area contributed by atoms with Gasteiger partial charge in [0.2, 0.25) is 5.91 Å². The van der Waals surface area contributed by atoms with Crippen molar-refractivity contribution in [3.05, 3.63) is 34.9 Å². The first-order valence-electron chi connectivity index (χ1n) is 9.71. The quantitative estimate of drug-likeness (QED) is 0.682. The number of aryl methyl sites for hydroxylation is 3. The monoisotopic (exact) mass is 382 g/mol. The number of carbonyl (C=O) groups excluding carboxylic acids is 1. The highest BCUT2D eigenvalue weighted by atomic mass is 32.2. The van der Waals surface area contributed by atoms with E-state index < -0.39 is 0 Å². The lowest BCUT2D eigenvalue weighted by Crippen LogP contribution is -2.37. The van der Waals surface area contributed by atoms with Gasteiger partial charge in [0.05, 0.1) is 11.3 Å². The van der Waals surface area contributed by atoms with Gasteiger partial charge in [-0.15, -0.1) is 10.2 Å². The molecule has 6 heteroatoms. The van der Waals surface area contributed by atoms with Crippen LogP contribution in [0, 0.1) is 20.8 Å². The van der Waals surface area contributed by atoms with E-state index in [1.807, 2.05) is 0 Å². The van der Waals surface area contributed by atoms with Gasteiger partial charge in [0, 0.05) is 6.04 Å². The molecule has 0 aliphatic heterocycles. The molecule has 0 radical (unpaired) electrons. The summed E-state index contributed by atoms with van der Waals surface area (Å²) in [6.07, 6.45) is 5.94. The number of aromatic nitrogens is 3. The average Bonchev–Trinajstić information content (AvgIpc) is 3.08. The van der Waals surface area contributed by atoms with E-state index in [0.29, 0.717) is 11.8 Å². The van der Waals surface area contributed by atoms with E-state index in [1.54, 1.807) is 0 Å². The molecular weight excluding hydrogens is 356 g/mol. The summed E-state index contributed by atoms with van der Waals surface area (Å²) in [4.78, 5) is 12.4. The van der Waals surface area contributed by atoms with Gasteiger partial charge < -0.3 is 5.32 Å². The minimum atomic E-state index is 0.0904. The summed E-state index contributed by atoms with van der Waals surface area (Å²) in [5.41, 5.74) is 5.57. The van der Waals surface area contributed by atoms with E-state index in [-0.39, 0.29) is 5.91 Å². The fraction of sp³-hybridized carbons (Fsp3) is 0.476. The summed E-state index contributed by atoms with van der Waals surface area (Å²) in [5.74, 6) is 0.463. The van der Waals surface area contributed by atoms with E-state index in [2.05, 4.69) is 58.9 Å². The van der Waals surface area contributed by atoms with Gasteiger partial charge in [-0.05, 0) is 73.9 Å². The van der Waals surface area contributed by atoms with Crippen molar-refractivity contribution in [1.82, 2.24) is 19.9 Å². The van der Waals surface area contributed by atoms with Crippen LogP contribution in [0.5, 0.6) is 0 Å². The summed E-state index contributed by atoms with van der Waals surface area (Å²) in [6, 6.07) is 6.90. The molecule has 1 saturated carbocycles. The highest BCUT2D eigenvalue weighted by Gasteiger charge is 2.18. The van der Waals surface area contributed by atoms with Crippen LogP contribution in [-0.4, -0.2) is 32.3 Å². The molecular formula is C21H26N4OS. The molecule has 4 rings (SSSR count). The van der Waals surface area contributed by atoms with E-state index in [9.17, 15) is 4.79 Å². The molecule has 1 fully saturated rings. The number of amides is 1. The zero-order valence-corrected chi connectivity index (χ0v) is 17.0. The first-order valence-corrected chi connectivity index (χ1v) is 10.7. The molecule has 1 N–H and O–H groups in total. The van der Waals surface area contributed by atoms with Crippen LogP contribution in [0.4, 0.5) is 0 Å². The van der Waals surface area contributed by atoms with E-state index in [1.165, 1.54) is 47.5 Å². The van der Waals surface area contributed by atoms with Crippen molar-refractivity contribution in [2.24, 2.45) is 0 Å². The van der Waals surface area contributed by atoms with E-state index in [0.717, 1.165) is 34.7 Å². The van der Waals surface area contributed by atoms with Gasteiger partial charge in [-0.25, -0.2) is 0 Å². The zero-order valence-electron chi connectivity index (χ0n) is 16.2. The molecule has 0 saturated heterocycles. The number of fused-ring (bicyclic) bond motifs is 3. The van der Waals surface area contributed by atoms with Crippen molar-refractivity contribution in [3.8, 4) is 0 Å². The maximum atomic E-state index is 12.4. The number of nitrogens with one attached hydrogen (secondary N) is 1. The van der Waals surface area contributed by atoms with Crippen LogP contribution in [0.2, 0.25) is 0 Å². The average molecular weight is 383 g/mol. The standard InChI is InChI=1S/C21H26N4OS/c1-13-9-16-10-15(3)20-23-24-21(25(20)18(16)11-14(13)2)27-12-19(26)22-17-7-5-4-6-8-17/h9-11,17H,4-8,12H2,1-3H3,(H,22,26). The predicted octanol–water partition coefficient (Wildman–Crippen LogP) is 4.35. The number of benzene rings is 1. The molecule has 2 aromatic heterocycles. The fourth-order valence-corrected chi connectivity index (χ4v) is 4.67. The van der Waals surface area contributed by atoms with Crippen molar-refractivity contribution < 1.29 is 4.79 Å². The minimum absolute atomic E-state index is 0.0904. The third-order valence-electron chi connectivity index (χ3n) is 5.54. The van der Waals surface area contributed by atoms with Crippen molar-refractivity contribution in [2.45, 2.75) is 64.1 Å². The Balaban J connectivity index is 1.60. The lowest BCUT2D eigenvalue weighted by Gasteiger charge is -2.22. The Morgan fingerprint density at radius 2 is 1.78 bits per heavy atom. The Labute approximate surface area is 163 Å². The van der Waals surface area contributed by atoms with Crippen molar-refractivity contribution >= 4 is 34.2 Å². The minimum Gasteiger partial charge on any atom is -0.353 e. The molecule has 0 atom stereocenters. The molecule has 3 aromatic rings. The van der Waals surface area contributed by atoms with Gasteiger partial charge in [-0.3, -0.25) is 9.20 Å². The normalized spacial score (nSPS) is 15.5. The highest BCUT2D eigenvalue weighted by Crippen LogP contribution is 2.27. The second kappa shape index (κ2) is 7.50. The molecule has 0 spiro atoms. The largest absolute Gasteiger partial charge is 0.353 e. The van der Waals surface area contributed by atoms with Crippen molar-refractivity contribution in [1.29, 1.82) is 0 Å². The smallest absolute Gasteiger partial charge is 0.230 e. The molecule has 0 unspecified atom stereocenters. The molecule has 0 bridgehead atoms. The summed E-state index contributed by atoms with van der Waals surface area (Å²) in [6.45, 7) is 6.31. The van der Waals surface area contributed by atoms with Crippen LogP contribution in [0.15, 0.2) is 23.4 Å². The zero-order chi connectivity index (χ0) is 19.0. The lowest BCUT2D eigenvalue weighted by atomic mass is 9.95. The maximum Gasteiger partial charge on any atom is 0.230 e. The van der Waals surface area contributed by atoms with Crippen molar-refractivity contribution in [3.63, 3.8) is 0 Å². The van der Waals surface area contributed by atoms with Crippen LogP contribution in [0.3, 0.4) is 0 Å². The Bertz CT molecular complexity index is 1000. The van der Waals surface area contributed by atoms with Gasteiger partial charge in [0.1, 0.15) is 0 Å². The highest BCUT2D eigenvalue weighted by molar-refractivity contribution is 7.99. The molecule has 1 aliphatic carbocycles. The van der Waals surface area contributed by atoms with Gasteiger partial charge in [0.15, 0.2) is 10.8 Å². The third kappa shape index (κ3) is 3.68. The van der Waals surface area contributed by atoms with Crippen LogP contribution >= 0.6 is 11.8 Å². The Hall–Kier alpha value is -2.08. The second-order valence-electron chi connectivity index (χ2n) is 7.66. The number of hydrogen-bond donors (Lipinski definition) is 1. The number of thioether (sulfide) groups is 1. The third-order valence-corrected chi connectivity index (χ3v) is 6.47. The van der Waals surface area contributed by atoms with Gasteiger partial charge in [-0.1, -0.05) is 31.0 Å². The molecule has 27 heavy (non-hydrogen) atoms. The van der Waals surface area contributed by atoms with Gasteiger partial charge >= 0.3 is 0 Å². The molecule has 5 nitrogen and oxygen atoms in total. The summed E-state index contributed by atoms with van der Waals surface area (Å²) >= 11 is 1.46. The van der Waals surface area contributed by atoms with Crippen LogP contribution in [0.1, 0.15) is 48.8 Å². The lowest BCUT2D eigenvalue weighted by molar-refractivity contribution is -0.119. The number of pyridine rings is 1. The number of hydrogen-bond acceptors (Lipinski definition) is 4.